The Labute approximate surface area is 583 Å². The number of para-hydroxylation sites is 4. The lowest BCUT2D eigenvalue weighted by molar-refractivity contribution is 1.03. The van der Waals surface area contributed by atoms with Crippen LogP contribution in [0.3, 0.4) is 0 Å². The molecule has 0 fully saturated rings. The second kappa shape index (κ2) is 23.5. The Morgan fingerprint density at radius 1 is 0.206 bits per heavy atom. The smallest absolute Gasteiger partial charge is 0.164 e. The largest absolute Gasteiger partial charge is 0.308 e. The maximum Gasteiger partial charge on any atom is 0.164 e. The Bertz CT molecular complexity index is 6510. The first-order valence-electron chi connectivity index (χ1n) is 33.4. The summed E-state index contributed by atoms with van der Waals surface area (Å²) in [5, 5.41) is 50.5. The van der Waals surface area contributed by atoms with Crippen molar-refractivity contribution >= 4 is 87.2 Å². The van der Waals surface area contributed by atoms with E-state index in [1.54, 1.807) is 0 Å². The third-order valence-corrected chi connectivity index (χ3v) is 19.7. The first-order chi connectivity index (χ1) is 50.4. The van der Waals surface area contributed by atoms with Crippen LogP contribution < -0.4 is 0 Å². The molecular formula is C90H50N12. The average molecular weight is 1300 g/mol. The molecule has 102 heavy (non-hydrogen) atoms. The van der Waals surface area contributed by atoms with E-state index < -0.39 is 0 Å². The van der Waals surface area contributed by atoms with E-state index in [0.717, 1.165) is 109 Å². The molecule has 0 N–H and O–H groups in total. The minimum Gasteiger partial charge on any atom is -0.308 e. The third kappa shape index (κ3) is 9.13. The van der Waals surface area contributed by atoms with Crippen molar-refractivity contribution in [2.24, 2.45) is 0 Å². The Hall–Kier alpha value is -14.8. The summed E-state index contributed by atoms with van der Waals surface area (Å²) in [6.07, 6.45) is 0. The summed E-state index contributed by atoms with van der Waals surface area (Å²) in [6, 6.07) is 112. The number of benzene rings is 13. The maximum atomic E-state index is 10.9. The van der Waals surface area contributed by atoms with Gasteiger partial charge < -0.3 is 18.3 Å². The van der Waals surface area contributed by atoms with Crippen molar-refractivity contribution in [1.29, 1.82) is 21.0 Å². The van der Waals surface area contributed by atoms with E-state index in [0.29, 0.717) is 90.6 Å². The molecule has 0 spiro atoms. The average Bonchev–Trinajstić information content (AvgIpc) is 1.42. The van der Waals surface area contributed by atoms with Crippen LogP contribution in [0.1, 0.15) is 22.3 Å². The molecular weight excluding hydrogens is 1250 g/mol. The normalized spacial score (nSPS) is 11.5. The van der Waals surface area contributed by atoms with Gasteiger partial charge in [-0.25, -0.2) is 19.9 Å². The minimum atomic E-state index is 0.349. The Balaban J connectivity index is 1.20. The summed E-state index contributed by atoms with van der Waals surface area (Å²) in [5.74, 6) is 0.811. The van der Waals surface area contributed by atoms with E-state index in [2.05, 4.69) is 176 Å². The van der Waals surface area contributed by atoms with E-state index in [4.69, 9.17) is 19.9 Å². The van der Waals surface area contributed by atoms with Gasteiger partial charge in [0, 0.05) is 65.3 Å². The molecule has 0 saturated carbocycles. The molecule has 0 unspecified atom stereocenters. The second-order valence-corrected chi connectivity index (χ2v) is 25.3. The number of nitrogens with zero attached hydrogens (tertiary/aromatic N) is 12. The highest BCUT2D eigenvalue weighted by atomic mass is 15.1. The highest BCUT2D eigenvalue weighted by Crippen LogP contribution is 2.55. The first kappa shape index (κ1) is 58.5. The zero-order valence-electron chi connectivity index (χ0n) is 54.2. The number of rotatable bonds is 10. The van der Waals surface area contributed by atoms with Crippen LogP contribution in [0.5, 0.6) is 0 Å². The van der Waals surface area contributed by atoms with E-state index in [1.165, 1.54) is 0 Å². The molecule has 0 bridgehead atoms. The molecule has 0 radical (unpaired) electrons. The van der Waals surface area contributed by atoms with Gasteiger partial charge in [0.25, 0.3) is 0 Å². The van der Waals surface area contributed by atoms with Crippen molar-refractivity contribution in [3.8, 4) is 115 Å². The summed E-state index contributed by atoms with van der Waals surface area (Å²) in [4.78, 5) is 23.6. The lowest BCUT2D eigenvalue weighted by atomic mass is 9.93. The predicted molar refractivity (Wildman–Crippen MR) is 406 cm³/mol. The Morgan fingerprint density at radius 3 is 0.824 bits per heavy atom. The zero-order valence-corrected chi connectivity index (χ0v) is 54.2. The van der Waals surface area contributed by atoms with Crippen LogP contribution in [0.15, 0.2) is 303 Å². The summed E-state index contributed by atoms with van der Waals surface area (Å²) in [6.45, 7) is 0. The second-order valence-electron chi connectivity index (χ2n) is 25.3. The molecule has 0 aliphatic rings. The molecule has 0 saturated heterocycles. The highest BCUT2D eigenvalue weighted by Gasteiger charge is 2.38. The minimum absolute atomic E-state index is 0.349. The van der Waals surface area contributed by atoms with Gasteiger partial charge in [-0.2, -0.15) is 21.0 Å². The van der Waals surface area contributed by atoms with Gasteiger partial charge in [0.15, 0.2) is 11.6 Å². The fourth-order valence-corrected chi connectivity index (χ4v) is 15.3. The predicted octanol–water partition coefficient (Wildman–Crippen LogP) is 21.1. The molecule has 0 atom stereocenters. The summed E-state index contributed by atoms with van der Waals surface area (Å²) in [7, 11) is 0. The lowest BCUT2D eigenvalue weighted by Crippen LogP contribution is -2.17. The van der Waals surface area contributed by atoms with Gasteiger partial charge in [-0.05, 0) is 109 Å². The van der Waals surface area contributed by atoms with Crippen LogP contribution in [0, 0.1) is 45.3 Å². The summed E-state index contributed by atoms with van der Waals surface area (Å²) in [5.41, 5.74) is 17.9. The van der Waals surface area contributed by atoms with Crippen molar-refractivity contribution in [2.45, 2.75) is 0 Å². The molecule has 12 nitrogen and oxygen atoms in total. The molecule has 12 heteroatoms. The number of hydrogen-bond acceptors (Lipinski definition) is 8. The molecule has 13 aromatic carbocycles. The van der Waals surface area contributed by atoms with Crippen molar-refractivity contribution in [3.05, 3.63) is 326 Å². The molecule has 6 aromatic heterocycles. The van der Waals surface area contributed by atoms with Gasteiger partial charge in [0.05, 0.1) is 147 Å². The SMILES string of the molecule is N#Cc1ccc2c(c1)c1ccccc1n2-c1c(-c2cc(-c3ccccc3)nc(-c3ccccc3)n2)c(-n2c3ccccc3c3cc(C#N)ccc32)c(-n2c3ccccc3c3cc(C#N)ccc32)c(-n2c3ccccc3c3cc(C#N)ccc32)c1-c1nc(-c2ccccc2)cc(-c2ccccc2)n1. The molecule has 470 valence electrons. The molecule has 0 aliphatic carbocycles. The van der Waals surface area contributed by atoms with Gasteiger partial charge in [-0.3, -0.25) is 0 Å². The van der Waals surface area contributed by atoms with Gasteiger partial charge in [0.2, 0.25) is 0 Å². The molecule has 19 rings (SSSR count). The van der Waals surface area contributed by atoms with Gasteiger partial charge in [0.1, 0.15) is 0 Å². The standard InChI is InChI=1S/C90H50N12/c91-51-55-37-41-79-67(45-55)63-29-13-17-33-75(63)99(79)85-83(74-50-73(61-25-9-3-10-26-61)95-89(98-74)62-27-11-4-12-28-62)86(100-76-34-18-14-30-64(76)68-46-56(52-92)38-42-80(68)100)88(102-78-36-20-16-32-66(78)70-48-58(54-94)40-44-82(70)102)87(101-77-35-19-15-31-65(77)69-47-57(53-93)39-43-81(69)101)84(85)90-96-71(59-21-5-1-6-22-59)49-72(97-90)60-23-7-2-8-24-60/h1-50H. The third-order valence-electron chi connectivity index (χ3n) is 19.7. The van der Waals surface area contributed by atoms with Gasteiger partial charge in [-0.15, -0.1) is 0 Å². The van der Waals surface area contributed by atoms with Crippen LogP contribution in [-0.2, 0) is 0 Å². The van der Waals surface area contributed by atoms with E-state index in [1.807, 2.05) is 170 Å². The van der Waals surface area contributed by atoms with Crippen molar-refractivity contribution in [1.82, 2.24) is 38.2 Å². The van der Waals surface area contributed by atoms with Crippen molar-refractivity contribution in [3.63, 3.8) is 0 Å². The van der Waals surface area contributed by atoms with Gasteiger partial charge in [-0.1, -0.05) is 194 Å². The van der Waals surface area contributed by atoms with E-state index in [9.17, 15) is 21.0 Å². The molecule has 0 amide bonds. The van der Waals surface area contributed by atoms with Gasteiger partial charge >= 0.3 is 0 Å². The molecule has 0 aliphatic heterocycles. The van der Waals surface area contributed by atoms with Crippen LogP contribution in [0.25, 0.3) is 178 Å². The number of nitriles is 4. The molecule has 6 heterocycles. The van der Waals surface area contributed by atoms with Crippen LogP contribution in [-0.4, -0.2) is 38.2 Å². The number of aromatic nitrogens is 8. The quantitative estimate of drug-likeness (QED) is 0.130. The van der Waals surface area contributed by atoms with E-state index in [-0.39, 0.29) is 0 Å². The van der Waals surface area contributed by atoms with Crippen molar-refractivity contribution in [2.75, 3.05) is 0 Å². The van der Waals surface area contributed by atoms with E-state index >= 15 is 0 Å². The fraction of sp³-hybridized carbons (Fsp3) is 0. The maximum absolute atomic E-state index is 10.9. The Morgan fingerprint density at radius 2 is 0.471 bits per heavy atom. The van der Waals surface area contributed by atoms with Crippen LogP contribution in [0.4, 0.5) is 0 Å². The Kier molecular flexibility index (Phi) is 13.5. The van der Waals surface area contributed by atoms with Crippen molar-refractivity contribution < 1.29 is 0 Å². The summed E-state index contributed by atoms with van der Waals surface area (Å²) < 4.78 is 9.37. The number of hydrogen-bond donors (Lipinski definition) is 0. The topological polar surface area (TPSA) is 166 Å². The monoisotopic (exact) mass is 1300 g/mol. The first-order valence-corrected chi connectivity index (χ1v) is 33.4. The van der Waals surface area contributed by atoms with Crippen LogP contribution in [0.2, 0.25) is 0 Å². The molecule has 19 aromatic rings. The zero-order chi connectivity index (χ0) is 68.1. The number of fused-ring (bicyclic) bond motifs is 12. The fourth-order valence-electron chi connectivity index (χ4n) is 15.3. The lowest BCUT2D eigenvalue weighted by Gasteiger charge is -2.31. The highest BCUT2D eigenvalue weighted by molar-refractivity contribution is 6.19. The van der Waals surface area contributed by atoms with Crippen LogP contribution >= 0.6 is 0 Å². The summed E-state index contributed by atoms with van der Waals surface area (Å²) >= 11 is 0.